The second kappa shape index (κ2) is 8.56. The van der Waals surface area contributed by atoms with E-state index in [9.17, 15) is 9.90 Å². The van der Waals surface area contributed by atoms with Crippen LogP contribution in [0, 0.1) is 6.92 Å². The molecule has 0 aromatic heterocycles. The van der Waals surface area contributed by atoms with Crippen LogP contribution in [-0.2, 0) is 11.4 Å². The third kappa shape index (κ3) is 4.99. The van der Waals surface area contributed by atoms with Crippen LogP contribution in [0.25, 0.3) is 11.6 Å². The monoisotopic (exact) mass is 378 g/mol. The van der Waals surface area contributed by atoms with Crippen molar-refractivity contribution in [3.8, 4) is 5.75 Å². The van der Waals surface area contributed by atoms with Crippen LogP contribution in [0.5, 0.6) is 5.75 Å². The number of aliphatic carboxylic acids is 1. The number of ether oxygens (including phenoxy) is 1. The van der Waals surface area contributed by atoms with Gasteiger partial charge in [-0.05, 0) is 42.3 Å². The van der Waals surface area contributed by atoms with E-state index in [1.807, 2.05) is 37.3 Å². The van der Waals surface area contributed by atoms with Gasteiger partial charge in [0.15, 0.2) is 0 Å². The second-order valence-corrected chi connectivity index (χ2v) is 6.62. The summed E-state index contributed by atoms with van der Waals surface area (Å²) in [5.74, 6) is -0.430. The van der Waals surface area contributed by atoms with E-state index in [1.54, 1.807) is 48.5 Å². The summed E-state index contributed by atoms with van der Waals surface area (Å²) < 4.78 is 5.94. The SMILES string of the molecule is Cc1ccc(COc2ccc(Cl)cc2/C=C(\C(=O)O)c2ccccc2)cc1. The van der Waals surface area contributed by atoms with Crippen LogP contribution in [0.2, 0.25) is 5.02 Å². The van der Waals surface area contributed by atoms with E-state index in [1.165, 1.54) is 5.56 Å². The first-order chi connectivity index (χ1) is 13.0. The highest BCUT2D eigenvalue weighted by Gasteiger charge is 2.12. The molecule has 0 saturated heterocycles. The fourth-order valence-corrected chi connectivity index (χ4v) is 2.83. The number of halogens is 1. The predicted octanol–water partition coefficient (Wildman–Crippen LogP) is 5.85. The van der Waals surface area contributed by atoms with Crippen LogP contribution in [0.15, 0.2) is 72.8 Å². The summed E-state index contributed by atoms with van der Waals surface area (Å²) in [6, 6.07) is 22.2. The van der Waals surface area contributed by atoms with Gasteiger partial charge in [0, 0.05) is 10.6 Å². The van der Waals surface area contributed by atoms with E-state index in [4.69, 9.17) is 16.3 Å². The lowest BCUT2D eigenvalue weighted by Gasteiger charge is -2.11. The van der Waals surface area contributed by atoms with Gasteiger partial charge in [0.25, 0.3) is 0 Å². The van der Waals surface area contributed by atoms with Crippen molar-refractivity contribution < 1.29 is 14.6 Å². The highest BCUT2D eigenvalue weighted by molar-refractivity contribution is 6.31. The Labute approximate surface area is 163 Å². The molecule has 0 fully saturated rings. The minimum absolute atomic E-state index is 0.179. The van der Waals surface area contributed by atoms with Gasteiger partial charge in [0.1, 0.15) is 12.4 Å². The highest BCUT2D eigenvalue weighted by atomic mass is 35.5. The van der Waals surface area contributed by atoms with Crippen molar-refractivity contribution in [3.05, 3.63) is 100 Å². The third-order valence-corrected chi connectivity index (χ3v) is 4.34. The molecule has 1 N–H and O–H groups in total. The summed E-state index contributed by atoms with van der Waals surface area (Å²) in [6.07, 6.45) is 1.59. The summed E-state index contributed by atoms with van der Waals surface area (Å²) >= 11 is 6.13. The van der Waals surface area contributed by atoms with Gasteiger partial charge in [-0.15, -0.1) is 0 Å². The number of rotatable bonds is 6. The zero-order valence-electron chi connectivity index (χ0n) is 14.9. The second-order valence-electron chi connectivity index (χ2n) is 6.19. The maximum absolute atomic E-state index is 11.8. The minimum Gasteiger partial charge on any atom is -0.488 e. The van der Waals surface area contributed by atoms with E-state index in [2.05, 4.69) is 0 Å². The molecule has 0 aliphatic carbocycles. The molecule has 0 bridgehead atoms. The summed E-state index contributed by atoms with van der Waals surface area (Å²) in [5.41, 5.74) is 3.64. The molecule has 136 valence electrons. The Bertz CT molecular complexity index is 961. The molecule has 3 rings (SSSR count). The van der Waals surface area contributed by atoms with Crippen LogP contribution < -0.4 is 4.74 Å². The molecule has 0 spiro atoms. The van der Waals surface area contributed by atoms with E-state index in [-0.39, 0.29) is 5.57 Å². The maximum atomic E-state index is 11.8. The molecular formula is C23H19ClO3. The predicted molar refractivity (Wildman–Crippen MR) is 109 cm³/mol. The topological polar surface area (TPSA) is 46.5 Å². The third-order valence-electron chi connectivity index (χ3n) is 4.10. The van der Waals surface area contributed by atoms with Gasteiger partial charge < -0.3 is 9.84 Å². The highest BCUT2D eigenvalue weighted by Crippen LogP contribution is 2.28. The van der Waals surface area contributed by atoms with E-state index < -0.39 is 5.97 Å². The molecule has 0 aliphatic rings. The number of hydrogen-bond acceptors (Lipinski definition) is 2. The van der Waals surface area contributed by atoms with E-state index in [0.717, 1.165) is 5.56 Å². The fourth-order valence-electron chi connectivity index (χ4n) is 2.65. The first-order valence-electron chi connectivity index (χ1n) is 8.51. The number of hydrogen-bond donors (Lipinski definition) is 1. The van der Waals surface area contributed by atoms with Gasteiger partial charge in [-0.1, -0.05) is 71.8 Å². The standard InChI is InChI=1S/C23H19ClO3/c1-16-7-9-17(10-8-16)15-27-22-12-11-20(24)13-19(22)14-21(23(25)26)18-5-3-2-4-6-18/h2-14H,15H2,1H3,(H,25,26)/b21-14-. The molecule has 0 unspecified atom stereocenters. The van der Waals surface area contributed by atoms with Crippen LogP contribution >= 0.6 is 11.6 Å². The lowest BCUT2D eigenvalue weighted by atomic mass is 10.0. The van der Waals surface area contributed by atoms with Crippen LogP contribution in [0.1, 0.15) is 22.3 Å². The van der Waals surface area contributed by atoms with Gasteiger partial charge >= 0.3 is 5.97 Å². The van der Waals surface area contributed by atoms with Gasteiger partial charge in [0.05, 0.1) is 5.57 Å². The molecule has 0 amide bonds. The van der Waals surface area contributed by atoms with Crippen LogP contribution in [-0.4, -0.2) is 11.1 Å². The van der Waals surface area contributed by atoms with Crippen molar-refractivity contribution in [2.45, 2.75) is 13.5 Å². The number of carboxylic acids is 1. The fraction of sp³-hybridized carbons (Fsp3) is 0.0870. The van der Waals surface area contributed by atoms with Gasteiger partial charge in [-0.3, -0.25) is 0 Å². The molecule has 3 aromatic carbocycles. The summed E-state index contributed by atoms with van der Waals surface area (Å²) in [7, 11) is 0. The van der Waals surface area contributed by atoms with Crippen molar-refractivity contribution >= 4 is 29.2 Å². The van der Waals surface area contributed by atoms with Crippen molar-refractivity contribution in [2.75, 3.05) is 0 Å². The smallest absolute Gasteiger partial charge is 0.336 e. The number of carboxylic acid groups (broad SMARTS) is 1. The summed E-state index contributed by atoms with van der Waals surface area (Å²) in [4.78, 5) is 11.8. The van der Waals surface area contributed by atoms with E-state index >= 15 is 0 Å². The number of aryl methyl sites for hydroxylation is 1. The molecule has 0 radical (unpaired) electrons. The first-order valence-corrected chi connectivity index (χ1v) is 8.89. The summed E-state index contributed by atoms with van der Waals surface area (Å²) in [5, 5.41) is 10.2. The molecule has 0 aliphatic heterocycles. The molecule has 3 nitrogen and oxygen atoms in total. The molecule has 4 heteroatoms. The molecule has 27 heavy (non-hydrogen) atoms. The first kappa shape index (κ1) is 18.7. The minimum atomic E-state index is -1.01. The van der Waals surface area contributed by atoms with Gasteiger partial charge in [-0.2, -0.15) is 0 Å². The largest absolute Gasteiger partial charge is 0.488 e. The van der Waals surface area contributed by atoms with Crippen molar-refractivity contribution in [2.24, 2.45) is 0 Å². The molecule has 0 saturated carbocycles. The maximum Gasteiger partial charge on any atom is 0.336 e. The molecular weight excluding hydrogens is 360 g/mol. The Hall–Kier alpha value is -3.04. The average molecular weight is 379 g/mol. The Morgan fingerprint density at radius 1 is 1.04 bits per heavy atom. The van der Waals surface area contributed by atoms with Crippen LogP contribution in [0.3, 0.4) is 0 Å². The number of carbonyl (C=O) groups is 1. The summed E-state index contributed by atoms with van der Waals surface area (Å²) in [6.45, 7) is 2.42. The zero-order valence-corrected chi connectivity index (χ0v) is 15.6. The zero-order chi connectivity index (χ0) is 19.2. The van der Waals surface area contributed by atoms with E-state index in [0.29, 0.717) is 28.5 Å². The van der Waals surface area contributed by atoms with Gasteiger partial charge in [-0.25, -0.2) is 4.79 Å². The molecule has 0 atom stereocenters. The van der Waals surface area contributed by atoms with Crippen molar-refractivity contribution in [1.29, 1.82) is 0 Å². The van der Waals surface area contributed by atoms with Crippen molar-refractivity contribution in [3.63, 3.8) is 0 Å². The lowest BCUT2D eigenvalue weighted by molar-refractivity contribution is -0.130. The Balaban J connectivity index is 1.93. The van der Waals surface area contributed by atoms with Gasteiger partial charge in [0.2, 0.25) is 0 Å². The Morgan fingerprint density at radius 2 is 1.74 bits per heavy atom. The molecule has 0 heterocycles. The lowest BCUT2D eigenvalue weighted by Crippen LogP contribution is -2.01. The normalized spacial score (nSPS) is 11.3. The van der Waals surface area contributed by atoms with Crippen molar-refractivity contribution in [1.82, 2.24) is 0 Å². The quantitative estimate of drug-likeness (QED) is 0.432. The Kier molecular flexibility index (Phi) is 5.94. The number of benzene rings is 3. The Morgan fingerprint density at radius 3 is 2.41 bits per heavy atom. The molecule has 3 aromatic rings. The average Bonchev–Trinajstić information content (AvgIpc) is 2.67. The van der Waals surface area contributed by atoms with Crippen LogP contribution in [0.4, 0.5) is 0 Å².